The number of nitro benzene ring substituents is 1. The van der Waals surface area contributed by atoms with Gasteiger partial charge in [-0.05, 0) is 57.2 Å². The number of nitrogens with zero attached hydrogens (tertiary/aromatic N) is 3. The number of aromatic nitrogens is 3. The van der Waals surface area contributed by atoms with E-state index in [1.165, 1.54) is 23.9 Å². The molecule has 0 amide bonds. The van der Waals surface area contributed by atoms with Crippen molar-refractivity contribution in [1.29, 1.82) is 0 Å². The van der Waals surface area contributed by atoms with Crippen molar-refractivity contribution >= 4 is 17.4 Å². The van der Waals surface area contributed by atoms with E-state index in [0.717, 1.165) is 18.9 Å². The van der Waals surface area contributed by atoms with Crippen molar-refractivity contribution in [2.45, 2.75) is 36.1 Å². The van der Waals surface area contributed by atoms with E-state index in [0.29, 0.717) is 5.69 Å². The number of nitro groups is 1. The maximum absolute atomic E-state index is 12.8. The number of non-ortho nitro benzene ring substituents is 1. The van der Waals surface area contributed by atoms with Gasteiger partial charge in [0.25, 0.3) is 5.69 Å². The summed E-state index contributed by atoms with van der Waals surface area (Å²) in [5.41, 5.74) is -2.75. The molecule has 3 rings (SSSR count). The Bertz CT molecular complexity index is 1230. The minimum Gasteiger partial charge on any atom is -0.258 e. The molecular formula is C19H18N4O5S. The largest absolute Gasteiger partial charge is 0.341 e. The predicted molar refractivity (Wildman–Crippen MR) is 109 cm³/mol. The minimum atomic E-state index is -0.809. The van der Waals surface area contributed by atoms with Crippen molar-refractivity contribution in [3.8, 4) is 5.69 Å². The Morgan fingerprint density at radius 1 is 0.897 bits per heavy atom. The molecule has 1 N–H and O–H groups in total. The predicted octanol–water partition coefficient (Wildman–Crippen LogP) is 2.50. The lowest BCUT2D eigenvalue weighted by molar-refractivity contribution is -0.384. The van der Waals surface area contributed by atoms with Crippen molar-refractivity contribution in [3.05, 3.63) is 90.1 Å². The number of hydrogen-bond acceptors (Lipinski definition) is 6. The van der Waals surface area contributed by atoms with Crippen LogP contribution in [0.3, 0.4) is 0 Å². The highest BCUT2D eigenvalue weighted by Gasteiger charge is 2.21. The van der Waals surface area contributed by atoms with Gasteiger partial charge in [-0.1, -0.05) is 11.8 Å². The van der Waals surface area contributed by atoms with Gasteiger partial charge >= 0.3 is 17.1 Å². The number of aromatic amines is 1. The lowest BCUT2D eigenvalue weighted by Gasteiger charge is -2.21. The van der Waals surface area contributed by atoms with Crippen LogP contribution in [0.1, 0.15) is 20.8 Å². The van der Waals surface area contributed by atoms with Gasteiger partial charge in [0.2, 0.25) is 0 Å². The van der Waals surface area contributed by atoms with Gasteiger partial charge < -0.3 is 0 Å². The summed E-state index contributed by atoms with van der Waals surface area (Å²) in [7, 11) is 0. The molecule has 0 atom stereocenters. The molecule has 9 nitrogen and oxygen atoms in total. The van der Waals surface area contributed by atoms with Gasteiger partial charge in [-0.15, -0.1) is 0 Å². The van der Waals surface area contributed by atoms with E-state index < -0.39 is 27.5 Å². The van der Waals surface area contributed by atoms with E-state index in [2.05, 4.69) is 4.98 Å². The molecule has 29 heavy (non-hydrogen) atoms. The third-order valence-electron chi connectivity index (χ3n) is 4.05. The van der Waals surface area contributed by atoms with Crippen LogP contribution >= 0.6 is 11.8 Å². The van der Waals surface area contributed by atoms with Crippen LogP contribution < -0.4 is 17.1 Å². The minimum absolute atomic E-state index is 0.0114. The molecule has 0 saturated carbocycles. The van der Waals surface area contributed by atoms with E-state index in [4.69, 9.17) is 0 Å². The molecule has 2 aromatic carbocycles. The highest BCUT2D eigenvalue weighted by atomic mass is 32.2. The summed E-state index contributed by atoms with van der Waals surface area (Å²) in [6, 6.07) is 12.8. The molecular weight excluding hydrogens is 396 g/mol. The van der Waals surface area contributed by atoms with Crippen LogP contribution in [-0.4, -0.2) is 19.0 Å². The quantitative estimate of drug-likeness (QED) is 0.517. The summed E-state index contributed by atoms with van der Waals surface area (Å²) in [6.07, 6.45) is 0. The Hall–Kier alpha value is -3.40. The molecule has 150 valence electrons. The van der Waals surface area contributed by atoms with Gasteiger partial charge in [0.05, 0.1) is 10.6 Å². The second kappa shape index (κ2) is 7.55. The summed E-state index contributed by atoms with van der Waals surface area (Å²) >= 11 is 1.38. The number of rotatable bonds is 4. The zero-order valence-corrected chi connectivity index (χ0v) is 16.7. The third-order valence-corrected chi connectivity index (χ3v) is 5.07. The van der Waals surface area contributed by atoms with E-state index in [1.54, 1.807) is 57.2 Å². The maximum Gasteiger partial charge on any atom is 0.341 e. The fourth-order valence-electron chi connectivity index (χ4n) is 2.73. The third kappa shape index (κ3) is 4.21. The smallest absolute Gasteiger partial charge is 0.258 e. The summed E-state index contributed by atoms with van der Waals surface area (Å²) in [5, 5.41) is 10.7. The highest BCUT2D eigenvalue weighted by Crippen LogP contribution is 2.29. The van der Waals surface area contributed by atoms with Crippen molar-refractivity contribution in [2.24, 2.45) is 0 Å². The topological polar surface area (TPSA) is 120 Å². The maximum atomic E-state index is 12.8. The Balaban J connectivity index is 1.95. The zero-order valence-electron chi connectivity index (χ0n) is 15.9. The normalized spacial score (nSPS) is 11.4. The van der Waals surface area contributed by atoms with Crippen molar-refractivity contribution in [1.82, 2.24) is 14.1 Å². The van der Waals surface area contributed by atoms with Crippen LogP contribution in [0.15, 0.2) is 72.7 Å². The fraction of sp³-hybridized carbons (Fsp3) is 0.211. The molecule has 0 spiro atoms. The van der Waals surface area contributed by atoms with Crippen LogP contribution in [-0.2, 0) is 5.54 Å². The number of hydrogen-bond donors (Lipinski definition) is 1. The number of H-pyrrole nitrogens is 1. The first kappa shape index (κ1) is 20.3. The molecule has 0 aliphatic rings. The highest BCUT2D eigenvalue weighted by molar-refractivity contribution is 7.99. The second-order valence-corrected chi connectivity index (χ2v) is 8.35. The fourth-order valence-corrected chi connectivity index (χ4v) is 3.55. The van der Waals surface area contributed by atoms with Gasteiger partial charge in [0.15, 0.2) is 0 Å². The molecule has 3 aromatic rings. The average Bonchev–Trinajstić information content (AvgIpc) is 2.62. The van der Waals surface area contributed by atoms with E-state index in [9.17, 15) is 24.5 Å². The molecule has 1 heterocycles. The van der Waals surface area contributed by atoms with Crippen LogP contribution in [0, 0.1) is 10.1 Å². The van der Waals surface area contributed by atoms with E-state index >= 15 is 0 Å². The van der Waals surface area contributed by atoms with Gasteiger partial charge in [-0.25, -0.2) is 23.5 Å². The second-order valence-electron chi connectivity index (χ2n) is 7.21. The van der Waals surface area contributed by atoms with Crippen molar-refractivity contribution < 1.29 is 4.92 Å². The standard InChI is InChI=1S/C19H18N4O5S/c1-19(2,3)22-17(25)20-16(24)21(18(22)26)12-4-8-14(9-5-12)29-15-10-6-13(7-11-15)23(27)28/h4-11H,1-3H3,(H,20,24,25). The van der Waals surface area contributed by atoms with Gasteiger partial charge in [0, 0.05) is 27.5 Å². The van der Waals surface area contributed by atoms with E-state index in [1.807, 2.05) is 0 Å². The molecule has 0 saturated heterocycles. The molecule has 0 bridgehead atoms. The van der Waals surface area contributed by atoms with Crippen molar-refractivity contribution in [3.63, 3.8) is 0 Å². The lowest BCUT2D eigenvalue weighted by Crippen LogP contribution is -2.53. The Labute approximate surface area is 168 Å². The van der Waals surface area contributed by atoms with Crippen LogP contribution in [0.2, 0.25) is 0 Å². The molecule has 1 aromatic heterocycles. The summed E-state index contributed by atoms with van der Waals surface area (Å²) in [5.74, 6) is 0. The molecule has 0 aliphatic carbocycles. The van der Waals surface area contributed by atoms with Gasteiger partial charge in [-0.3, -0.25) is 15.1 Å². The Morgan fingerprint density at radius 3 is 1.90 bits per heavy atom. The number of benzene rings is 2. The van der Waals surface area contributed by atoms with E-state index in [-0.39, 0.29) is 5.69 Å². The first-order chi connectivity index (χ1) is 13.6. The molecule has 10 heteroatoms. The summed E-state index contributed by atoms with van der Waals surface area (Å²) in [6.45, 7) is 5.09. The summed E-state index contributed by atoms with van der Waals surface area (Å²) < 4.78 is 1.90. The Kier molecular flexibility index (Phi) is 5.29. The van der Waals surface area contributed by atoms with Crippen LogP contribution in [0.5, 0.6) is 0 Å². The van der Waals surface area contributed by atoms with Gasteiger partial charge in [0.1, 0.15) is 0 Å². The molecule has 0 radical (unpaired) electrons. The Morgan fingerprint density at radius 2 is 1.41 bits per heavy atom. The average molecular weight is 414 g/mol. The van der Waals surface area contributed by atoms with Crippen molar-refractivity contribution in [2.75, 3.05) is 0 Å². The number of nitrogens with one attached hydrogen (secondary N) is 1. The monoisotopic (exact) mass is 414 g/mol. The zero-order chi connectivity index (χ0) is 21.3. The summed E-state index contributed by atoms with van der Waals surface area (Å²) in [4.78, 5) is 51.1. The molecule has 0 aliphatic heterocycles. The van der Waals surface area contributed by atoms with Crippen LogP contribution in [0.25, 0.3) is 5.69 Å². The van der Waals surface area contributed by atoms with Gasteiger partial charge in [-0.2, -0.15) is 0 Å². The lowest BCUT2D eigenvalue weighted by atomic mass is 10.1. The first-order valence-electron chi connectivity index (χ1n) is 8.59. The van der Waals surface area contributed by atoms with Crippen LogP contribution in [0.4, 0.5) is 5.69 Å². The molecule has 0 unspecified atom stereocenters. The molecule has 0 fully saturated rings. The SMILES string of the molecule is CC(C)(C)n1c(=O)[nH]c(=O)n(-c2ccc(Sc3ccc([N+](=O)[O-])cc3)cc2)c1=O. The first-order valence-corrected chi connectivity index (χ1v) is 9.41.